The van der Waals surface area contributed by atoms with Gasteiger partial charge in [0.1, 0.15) is 11.2 Å². The molecule has 0 fully saturated rings. The van der Waals surface area contributed by atoms with E-state index in [1.54, 1.807) is 0 Å². The maximum atomic E-state index is 6.37. The molecule has 10 aromatic rings. The smallest absolute Gasteiger partial charge is 0.137 e. The Bertz CT molecular complexity index is 2910. The number of para-hydroxylation sites is 1. The molecule has 0 aliphatic rings. The Hall–Kier alpha value is -7.16. The number of fused-ring (bicyclic) bond motifs is 4. The van der Waals surface area contributed by atoms with Crippen LogP contribution in [0.1, 0.15) is 0 Å². The molecule has 0 saturated carbocycles. The molecular weight excluding hydrogens is 655 g/mol. The summed E-state index contributed by atoms with van der Waals surface area (Å²) in [5.74, 6) is 0. The van der Waals surface area contributed by atoms with Gasteiger partial charge in [0.2, 0.25) is 0 Å². The van der Waals surface area contributed by atoms with Crippen molar-refractivity contribution in [1.82, 2.24) is 0 Å². The SMILES string of the molecule is c1ccc(-c2ccccc2-c2ccc(N(c3ccc(-c4ccc5c(-c6ccccc6)cccc5c4)cc3)c3cccc4oc5ccccc5c34)cc2)cc1. The number of hydrogen-bond acceptors (Lipinski definition) is 2. The lowest BCUT2D eigenvalue weighted by Crippen LogP contribution is -2.10. The summed E-state index contributed by atoms with van der Waals surface area (Å²) in [5.41, 5.74) is 14.6. The molecule has 0 spiro atoms. The number of anilines is 3. The first-order valence-electron chi connectivity index (χ1n) is 18.4. The van der Waals surface area contributed by atoms with Crippen LogP contribution in [0.2, 0.25) is 0 Å². The fraction of sp³-hybridized carbons (Fsp3) is 0. The Morgan fingerprint density at radius 2 is 0.833 bits per heavy atom. The van der Waals surface area contributed by atoms with Gasteiger partial charge in [-0.3, -0.25) is 0 Å². The highest BCUT2D eigenvalue weighted by molar-refractivity contribution is 6.13. The number of nitrogens with zero attached hydrogens (tertiary/aromatic N) is 1. The lowest BCUT2D eigenvalue weighted by Gasteiger charge is -2.27. The van der Waals surface area contributed by atoms with Crippen LogP contribution >= 0.6 is 0 Å². The van der Waals surface area contributed by atoms with Crippen molar-refractivity contribution < 1.29 is 4.42 Å². The Morgan fingerprint density at radius 1 is 0.315 bits per heavy atom. The summed E-state index contributed by atoms with van der Waals surface area (Å²) in [6, 6.07) is 75.8. The molecule has 10 rings (SSSR count). The Balaban J connectivity index is 1.07. The van der Waals surface area contributed by atoms with Crippen molar-refractivity contribution in [2.75, 3.05) is 4.90 Å². The topological polar surface area (TPSA) is 16.4 Å². The van der Waals surface area contributed by atoms with Crippen LogP contribution in [0.3, 0.4) is 0 Å². The maximum absolute atomic E-state index is 6.37. The van der Waals surface area contributed by atoms with Gasteiger partial charge >= 0.3 is 0 Å². The summed E-state index contributed by atoms with van der Waals surface area (Å²) >= 11 is 0. The maximum Gasteiger partial charge on any atom is 0.137 e. The van der Waals surface area contributed by atoms with Gasteiger partial charge in [0.05, 0.1) is 11.1 Å². The van der Waals surface area contributed by atoms with Crippen molar-refractivity contribution >= 4 is 49.8 Å². The molecule has 0 N–H and O–H groups in total. The summed E-state index contributed by atoms with van der Waals surface area (Å²) in [7, 11) is 0. The summed E-state index contributed by atoms with van der Waals surface area (Å²) in [6.07, 6.45) is 0. The minimum absolute atomic E-state index is 0.870. The molecular formula is C52H35NO. The molecule has 0 saturated heterocycles. The first kappa shape index (κ1) is 31.6. The zero-order valence-corrected chi connectivity index (χ0v) is 29.6. The van der Waals surface area contributed by atoms with Crippen LogP contribution in [0.4, 0.5) is 17.1 Å². The zero-order chi connectivity index (χ0) is 35.8. The average molecular weight is 690 g/mol. The van der Waals surface area contributed by atoms with E-state index in [1.807, 2.05) is 12.1 Å². The fourth-order valence-corrected chi connectivity index (χ4v) is 7.90. The van der Waals surface area contributed by atoms with E-state index in [0.717, 1.165) is 39.0 Å². The molecule has 2 heteroatoms. The van der Waals surface area contributed by atoms with E-state index < -0.39 is 0 Å². The molecule has 0 bridgehead atoms. The molecule has 9 aromatic carbocycles. The van der Waals surface area contributed by atoms with Gasteiger partial charge in [-0.1, -0.05) is 164 Å². The van der Waals surface area contributed by atoms with Gasteiger partial charge in [-0.2, -0.15) is 0 Å². The van der Waals surface area contributed by atoms with Crippen LogP contribution < -0.4 is 4.90 Å². The molecule has 1 aromatic heterocycles. The van der Waals surface area contributed by atoms with Crippen molar-refractivity contribution in [3.63, 3.8) is 0 Å². The molecule has 0 radical (unpaired) electrons. The minimum atomic E-state index is 0.870. The first-order chi connectivity index (χ1) is 26.8. The van der Waals surface area contributed by atoms with Crippen LogP contribution in [0.5, 0.6) is 0 Å². The van der Waals surface area contributed by atoms with Gasteiger partial charge in [-0.25, -0.2) is 0 Å². The van der Waals surface area contributed by atoms with Crippen molar-refractivity contribution in [3.05, 3.63) is 212 Å². The first-order valence-corrected chi connectivity index (χ1v) is 18.4. The van der Waals surface area contributed by atoms with Gasteiger partial charge < -0.3 is 9.32 Å². The summed E-state index contributed by atoms with van der Waals surface area (Å²) in [5, 5.41) is 4.68. The van der Waals surface area contributed by atoms with Gasteiger partial charge in [-0.05, 0) is 104 Å². The van der Waals surface area contributed by atoms with E-state index in [-0.39, 0.29) is 0 Å². The standard InChI is InChI=1S/C52H35NO/c1-3-13-37(14-4-1)44-18-7-8-19-45(44)39-27-32-43(33-28-39)53(49-22-12-24-51-52(49)48-20-9-10-23-50(48)54-51)42-30-25-36(26-31-42)40-29-34-47-41(35-40)17-11-21-46(47)38-15-5-2-6-16-38/h1-35H. The normalized spacial score (nSPS) is 11.3. The molecule has 1 heterocycles. The van der Waals surface area contributed by atoms with Crippen molar-refractivity contribution in [2.45, 2.75) is 0 Å². The van der Waals surface area contributed by atoms with Gasteiger partial charge in [0.25, 0.3) is 0 Å². The van der Waals surface area contributed by atoms with Crippen molar-refractivity contribution in [3.8, 4) is 44.5 Å². The summed E-state index contributed by atoms with van der Waals surface area (Å²) < 4.78 is 6.37. The predicted octanol–water partition coefficient (Wildman–Crippen LogP) is 14.9. The van der Waals surface area contributed by atoms with Crippen LogP contribution in [-0.4, -0.2) is 0 Å². The van der Waals surface area contributed by atoms with Gasteiger partial charge in [0.15, 0.2) is 0 Å². The molecule has 254 valence electrons. The Kier molecular flexibility index (Phi) is 7.85. The lowest BCUT2D eigenvalue weighted by molar-refractivity contribution is 0.669. The van der Waals surface area contributed by atoms with Crippen LogP contribution in [0.15, 0.2) is 217 Å². The van der Waals surface area contributed by atoms with Crippen molar-refractivity contribution in [1.29, 1.82) is 0 Å². The van der Waals surface area contributed by atoms with Crippen LogP contribution in [0, 0.1) is 0 Å². The third-order valence-electron chi connectivity index (χ3n) is 10.5. The monoisotopic (exact) mass is 689 g/mol. The van der Waals surface area contributed by atoms with Gasteiger partial charge in [0, 0.05) is 16.8 Å². The number of benzene rings is 9. The molecule has 0 unspecified atom stereocenters. The van der Waals surface area contributed by atoms with E-state index in [9.17, 15) is 0 Å². The quantitative estimate of drug-likeness (QED) is 0.166. The molecule has 0 aliphatic carbocycles. The molecule has 0 aliphatic heterocycles. The number of furan rings is 1. The summed E-state index contributed by atoms with van der Waals surface area (Å²) in [6.45, 7) is 0. The predicted molar refractivity (Wildman–Crippen MR) is 228 cm³/mol. The highest BCUT2D eigenvalue weighted by atomic mass is 16.3. The highest BCUT2D eigenvalue weighted by Crippen LogP contribution is 2.44. The lowest BCUT2D eigenvalue weighted by atomic mass is 9.94. The third kappa shape index (κ3) is 5.62. The van der Waals surface area contributed by atoms with Crippen LogP contribution in [0.25, 0.3) is 77.2 Å². The Morgan fingerprint density at radius 3 is 1.54 bits per heavy atom. The molecule has 2 nitrogen and oxygen atoms in total. The average Bonchev–Trinajstić information content (AvgIpc) is 3.64. The second-order valence-corrected chi connectivity index (χ2v) is 13.7. The van der Waals surface area contributed by atoms with Crippen molar-refractivity contribution in [2.24, 2.45) is 0 Å². The van der Waals surface area contributed by atoms with E-state index in [4.69, 9.17) is 4.42 Å². The molecule has 0 amide bonds. The highest BCUT2D eigenvalue weighted by Gasteiger charge is 2.20. The second-order valence-electron chi connectivity index (χ2n) is 13.7. The number of hydrogen-bond donors (Lipinski definition) is 0. The zero-order valence-electron chi connectivity index (χ0n) is 29.6. The molecule has 54 heavy (non-hydrogen) atoms. The van der Waals surface area contributed by atoms with E-state index >= 15 is 0 Å². The fourth-order valence-electron chi connectivity index (χ4n) is 7.90. The van der Waals surface area contributed by atoms with E-state index in [2.05, 4.69) is 205 Å². The van der Waals surface area contributed by atoms with E-state index in [0.29, 0.717) is 0 Å². The van der Waals surface area contributed by atoms with Gasteiger partial charge in [-0.15, -0.1) is 0 Å². The van der Waals surface area contributed by atoms with E-state index in [1.165, 1.54) is 55.3 Å². The van der Waals surface area contributed by atoms with Crippen LogP contribution in [-0.2, 0) is 0 Å². The summed E-state index contributed by atoms with van der Waals surface area (Å²) in [4.78, 5) is 2.35. The third-order valence-corrected chi connectivity index (χ3v) is 10.5. The minimum Gasteiger partial charge on any atom is -0.456 e. The largest absolute Gasteiger partial charge is 0.456 e. The number of rotatable bonds is 7. The Labute approximate surface area is 314 Å². The molecule has 0 atom stereocenters. The second kappa shape index (κ2) is 13.4.